The molecule has 2 aromatic rings. The van der Waals surface area contributed by atoms with Crippen LogP contribution in [0.25, 0.3) is 0 Å². The van der Waals surface area contributed by atoms with E-state index in [1.807, 2.05) is 0 Å². The Kier molecular flexibility index (Phi) is 4.32. The fraction of sp³-hybridized carbons (Fsp3) is 0. The minimum Gasteiger partial charge on any atom is -0.381 e. The van der Waals surface area contributed by atoms with Crippen molar-refractivity contribution in [1.29, 1.82) is 0 Å². The number of pyridine rings is 1. The van der Waals surface area contributed by atoms with Crippen molar-refractivity contribution in [3.63, 3.8) is 0 Å². The lowest BCUT2D eigenvalue weighted by Gasteiger charge is -2.10. The molecule has 0 aliphatic rings. The third-order valence-corrected chi connectivity index (χ3v) is 3.22. The number of carbonyl (C=O) groups excluding carboxylic acids is 1. The van der Waals surface area contributed by atoms with E-state index in [2.05, 4.69) is 10.3 Å². The molecule has 104 valence electrons. The van der Waals surface area contributed by atoms with E-state index < -0.39 is 11.7 Å². The average molecular weight is 335 g/mol. The lowest BCUT2D eigenvalue weighted by molar-refractivity contribution is 0.102. The van der Waals surface area contributed by atoms with Crippen molar-refractivity contribution >= 4 is 52.2 Å². The van der Waals surface area contributed by atoms with Crippen molar-refractivity contribution in [3.8, 4) is 0 Å². The summed E-state index contributed by atoms with van der Waals surface area (Å²) in [6.07, 6.45) is 1.22. The Morgan fingerprint density at radius 1 is 1.25 bits per heavy atom. The highest BCUT2D eigenvalue weighted by Gasteiger charge is 2.17. The molecule has 0 aliphatic carbocycles. The van der Waals surface area contributed by atoms with Crippen LogP contribution in [0, 0.1) is 5.82 Å². The first-order chi connectivity index (χ1) is 9.40. The summed E-state index contributed by atoms with van der Waals surface area (Å²) in [6.45, 7) is 0. The maximum atomic E-state index is 13.7. The molecular formula is C12H7Cl3FN3O. The zero-order valence-corrected chi connectivity index (χ0v) is 12.0. The van der Waals surface area contributed by atoms with Crippen LogP contribution in [0.1, 0.15) is 10.4 Å². The lowest BCUT2D eigenvalue weighted by Crippen LogP contribution is -2.15. The van der Waals surface area contributed by atoms with Crippen molar-refractivity contribution in [2.75, 3.05) is 11.1 Å². The fourth-order valence-electron chi connectivity index (χ4n) is 1.48. The van der Waals surface area contributed by atoms with Gasteiger partial charge in [0.05, 0.1) is 21.3 Å². The van der Waals surface area contributed by atoms with Gasteiger partial charge in [-0.15, -0.1) is 0 Å². The minimum absolute atomic E-state index is 0.137. The fourth-order valence-corrected chi connectivity index (χ4v) is 2.39. The summed E-state index contributed by atoms with van der Waals surface area (Å²) < 4.78 is 13.7. The molecule has 0 unspecified atom stereocenters. The molecule has 0 bridgehead atoms. The lowest BCUT2D eigenvalue weighted by atomic mass is 10.2. The molecule has 0 spiro atoms. The van der Waals surface area contributed by atoms with Crippen molar-refractivity contribution in [3.05, 3.63) is 50.8 Å². The molecule has 1 aromatic heterocycles. The smallest absolute Gasteiger partial charge is 0.258 e. The van der Waals surface area contributed by atoms with Crippen LogP contribution in [0.4, 0.5) is 15.9 Å². The number of nitrogen functional groups attached to an aromatic ring is 1. The topological polar surface area (TPSA) is 68.0 Å². The zero-order valence-electron chi connectivity index (χ0n) is 9.75. The van der Waals surface area contributed by atoms with Gasteiger partial charge in [-0.3, -0.25) is 4.79 Å². The second-order valence-electron chi connectivity index (χ2n) is 3.76. The number of carbonyl (C=O) groups is 1. The van der Waals surface area contributed by atoms with Gasteiger partial charge in [0.1, 0.15) is 0 Å². The van der Waals surface area contributed by atoms with Crippen molar-refractivity contribution in [1.82, 2.24) is 4.98 Å². The molecular weight excluding hydrogens is 328 g/mol. The summed E-state index contributed by atoms with van der Waals surface area (Å²) in [7, 11) is 0. The van der Waals surface area contributed by atoms with Gasteiger partial charge < -0.3 is 11.1 Å². The molecule has 0 radical (unpaired) electrons. The Morgan fingerprint density at radius 3 is 2.45 bits per heavy atom. The van der Waals surface area contributed by atoms with Crippen LogP contribution in [0.2, 0.25) is 15.1 Å². The molecule has 0 fully saturated rings. The van der Waals surface area contributed by atoms with Crippen LogP contribution in [-0.4, -0.2) is 10.9 Å². The molecule has 2 rings (SSSR count). The molecule has 0 atom stereocenters. The van der Waals surface area contributed by atoms with E-state index in [4.69, 9.17) is 40.5 Å². The van der Waals surface area contributed by atoms with Crippen LogP contribution in [0.15, 0.2) is 24.4 Å². The predicted octanol–water partition coefficient (Wildman–Crippen LogP) is 4.02. The Morgan fingerprint density at radius 2 is 1.85 bits per heavy atom. The van der Waals surface area contributed by atoms with Crippen LogP contribution >= 0.6 is 34.8 Å². The third kappa shape index (κ3) is 2.95. The highest BCUT2D eigenvalue weighted by Crippen LogP contribution is 2.34. The van der Waals surface area contributed by atoms with Gasteiger partial charge in [-0.1, -0.05) is 34.8 Å². The molecule has 4 nitrogen and oxygen atoms in total. The number of amides is 1. The van der Waals surface area contributed by atoms with Gasteiger partial charge in [-0.05, 0) is 18.2 Å². The van der Waals surface area contributed by atoms with Crippen LogP contribution in [0.3, 0.4) is 0 Å². The van der Waals surface area contributed by atoms with E-state index in [-0.39, 0.29) is 27.1 Å². The summed E-state index contributed by atoms with van der Waals surface area (Å²) in [5, 5.41) is 3.00. The minimum atomic E-state index is -0.911. The molecule has 1 heterocycles. The first kappa shape index (κ1) is 14.8. The standard InChI is InChI=1S/C12H7Cl3FN3O/c13-5-3-7(14)10(8(15)4-5)19-12(20)6-1-2-18-11(17)9(6)16/h1-4H,(H2,17,18)(H,19,20). The van der Waals surface area contributed by atoms with E-state index in [1.54, 1.807) is 0 Å². The Hall–Kier alpha value is -1.56. The number of rotatable bonds is 2. The second-order valence-corrected chi connectivity index (χ2v) is 5.01. The van der Waals surface area contributed by atoms with Gasteiger partial charge in [0.25, 0.3) is 5.91 Å². The Bertz CT molecular complexity index is 671. The summed E-state index contributed by atoms with van der Waals surface area (Å²) in [5.41, 5.74) is 5.17. The van der Waals surface area contributed by atoms with Crippen molar-refractivity contribution < 1.29 is 9.18 Å². The van der Waals surface area contributed by atoms with Crippen LogP contribution in [0.5, 0.6) is 0 Å². The number of anilines is 2. The number of nitrogens with two attached hydrogens (primary N) is 1. The summed E-state index contributed by atoms with van der Waals surface area (Å²) in [6, 6.07) is 4.00. The molecule has 0 saturated carbocycles. The van der Waals surface area contributed by atoms with Crippen molar-refractivity contribution in [2.24, 2.45) is 0 Å². The molecule has 1 amide bonds. The maximum absolute atomic E-state index is 13.7. The van der Waals surface area contributed by atoms with E-state index >= 15 is 0 Å². The number of nitrogens with zero attached hydrogens (tertiary/aromatic N) is 1. The van der Waals surface area contributed by atoms with E-state index in [9.17, 15) is 9.18 Å². The first-order valence-corrected chi connectivity index (χ1v) is 6.39. The van der Waals surface area contributed by atoms with Gasteiger partial charge in [0, 0.05) is 11.2 Å². The number of aromatic nitrogens is 1. The third-order valence-electron chi connectivity index (χ3n) is 2.41. The maximum Gasteiger partial charge on any atom is 0.258 e. The number of halogens is 4. The number of nitrogens with one attached hydrogen (secondary N) is 1. The second kappa shape index (κ2) is 5.83. The largest absolute Gasteiger partial charge is 0.381 e. The Labute approximate surface area is 128 Å². The normalized spacial score (nSPS) is 10.4. The predicted molar refractivity (Wildman–Crippen MR) is 78.0 cm³/mol. The molecule has 0 aliphatic heterocycles. The first-order valence-electron chi connectivity index (χ1n) is 5.26. The van der Waals surface area contributed by atoms with E-state index in [0.717, 1.165) is 0 Å². The zero-order chi connectivity index (χ0) is 14.9. The van der Waals surface area contributed by atoms with Gasteiger partial charge in [-0.2, -0.15) is 0 Å². The SMILES string of the molecule is Nc1nccc(C(=O)Nc2c(Cl)cc(Cl)cc2Cl)c1F. The quantitative estimate of drug-likeness (QED) is 0.871. The van der Waals surface area contributed by atoms with Gasteiger partial charge in [0.2, 0.25) is 0 Å². The van der Waals surface area contributed by atoms with Gasteiger partial charge in [0.15, 0.2) is 11.6 Å². The van der Waals surface area contributed by atoms with E-state index in [0.29, 0.717) is 5.02 Å². The van der Waals surface area contributed by atoms with E-state index in [1.165, 1.54) is 24.4 Å². The molecule has 20 heavy (non-hydrogen) atoms. The highest BCUT2D eigenvalue weighted by molar-refractivity contribution is 6.42. The number of hydrogen-bond donors (Lipinski definition) is 2. The monoisotopic (exact) mass is 333 g/mol. The van der Waals surface area contributed by atoms with Crippen LogP contribution in [-0.2, 0) is 0 Å². The van der Waals surface area contributed by atoms with Crippen molar-refractivity contribution in [2.45, 2.75) is 0 Å². The average Bonchev–Trinajstić information content (AvgIpc) is 2.36. The van der Waals surface area contributed by atoms with Crippen LogP contribution < -0.4 is 11.1 Å². The Balaban J connectivity index is 2.36. The molecule has 8 heteroatoms. The molecule has 3 N–H and O–H groups in total. The number of benzene rings is 1. The van der Waals surface area contributed by atoms with Gasteiger partial charge >= 0.3 is 0 Å². The summed E-state index contributed by atoms with van der Waals surface area (Å²) in [5.74, 6) is -2.03. The molecule has 0 saturated heterocycles. The van der Waals surface area contributed by atoms with Gasteiger partial charge in [-0.25, -0.2) is 9.37 Å². The summed E-state index contributed by atoms with van der Waals surface area (Å²) in [4.78, 5) is 15.5. The molecule has 1 aromatic carbocycles. The summed E-state index contributed by atoms with van der Waals surface area (Å²) >= 11 is 17.6. The number of hydrogen-bond acceptors (Lipinski definition) is 3. The highest BCUT2D eigenvalue weighted by atomic mass is 35.5.